The number of ketones is 1. The Balaban J connectivity index is 2.09. The number of rotatable bonds is 0. The van der Waals surface area contributed by atoms with Crippen molar-refractivity contribution in [3.05, 3.63) is 11.1 Å². The third kappa shape index (κ3) is 1.23. The first-order valence-electron chi connectivity index (χ1n) is 7.36. The van der Waals surface area contributed by atoms with Crippen molar-refractivity contribution in [2.45, 2.75) is 37.4 Å². The predicted molar refractivity (Wildman–Crippen MR) is 71.8 cm³/mol. The fourth-order valence-corrected chi connectivity index (χ4v) is 4.47. The van der Waals surface area contributed by atoms with Gasteiger partial charge in [-0.15, -0.1) is 0 Å². The van der Waals surface area contributed by atoms with Gasteiger partial charge in [-0.25, -0.2) is 0 Å². The lowest BCUT2D eigenvalue weighted by Gasteiger charge is -2.56. The highest BCUT2D eigenvalue weighted by atomic mass is 16.6. The summed E-state index contributed by atoms with van der Waals surface area (Å²) in [4.78, 5) is 12.6. The van der Waals surface area contributed by atoms with Crippen LogP contribution in [-0.2, 0) is 14.3 Å². The van der Waals surface area contributed by atoms with Gasteiger partial charge in [0.15, 0.2) is 11.2 Å². The standard InChI is InChI=1S/C16H10N4O4/c1-6-9-7-8(11(22)13-12(24-13)10(7)21)14(23-6)16(4-19,5-20)15(9,2-17)3-18/h6,9-10,12-14,21H,1H3/t6-,9-,10+,12-,13+,14+/m0/s1. The van der Waals surface area contributed by atoms with Gasteiger partial charge in [-0.1, -0.05) is 0 Å². The van der Waals surface area contributed by atoms with Crippen LogP contribution in [0.4, 0.5) is 0 Å². The number of hydrogen-bond donors (Lipinski definition) is 1. The van der Waals surface area contributed by atoms with E-state index in [1.807, 2.05) is 12.1 Å². The smallest absolute Gasteiger partial charge is 0.206 e. The van der Waals surface area contributed by atoms with E-state index in [0.29, 0.717) is 0 Å². The monoisotopic (exact) mass is 322 g/mol. The number of epoxide rings is 1. The molecule has 118 valence electrons. The number of nitrogens with zero attached hydrogens (tertiary/aromatic N) is 4. The van der Waals surface area contributed by atoms with Gasteiger partial charge in [-0.05, 0) is 12.5 Å². The van der Waals surface area contributed by atoms with Crippen LogP contribution in [0, 0.1) is 62.1 Å². The van der Waals surface area contributed by atoms with Gasteiger partial charge in [0.05, 0.1) is 30.4 Å². The van der Waals surface area contributed by atoms with Crippen molar-refractivity contribution in [1.82, 2.24) is 0 Å². The number of carbonyl (C=O) groups excluding carboxylic acids is 1. The molecule has 3 heterocycles. The number of hydrogen-bond acceptors (Lipinski definition) is 8. The summed E-state index contributed by atoms with van der Waals surface area (Å²) in [6.07, 6.45) is -4.74. The number of ether oxygens (including phenoxy) is 2. The number of aliphatic hydroxyl groups excluding tert-OH is 1. The first kappa shape index (κ1) is 14.8. The van der Waals surface area contributed by atoms with Crippen LogP contribution in [-0.4, -0.2) is 41.4 Å². The molecule has 0 amide bonds. The Hall–Kier alpha value is -2.75. The van der Waals surface area contributed by atoms with Crippen molar-refractivity contribution in [2.75, 3.05) is 0 Å². The summed E-state index contributed by atoms with van der Waals surface area (Å²) in [6, 6.07) is 7.21. The van der Waals surface area contributed by atoms with E-state index in [1.54, 1.807) is 19.1 Å². The van der Waals surface area contributed by atoms with E-state index in [2.05, 4.69) is 0 Å². The minimum atomic E-state index is -2.15. The largest absolute Gasteiger partial charge is 0.386 e. The Morgan fingerprint density at radius 3 is 2.17 bits per heavy atom. The zero-order chi connectivity index (χ0) is 17.4. The molecule has 0 aromatic carbocycles. The summed E-state index contributed by atoms with van der Waals surface area (Å²) in [6.45, 7) is 1.60. The fraction of sp³-hybridized carbons (Fsp3) is 0.562. The Bertz CT molecular complexity index is 852. The van der Waals surface area contributed by atoms with Gasteiger partial charge in [0.1, 0.15) is 24.4 Å². The first-order valence-corrected chi connectivity index (χ1v) is 7.36. The Kier molecular flexibility index (Phi) is 2.60. The topological polar surface area (TPSA) is 154 Å². The minimum absolute atomic E-state index is 0.0218. The van der Waals surface area contributed by atoms with E-state index in [1.165, 1.54) is 0 Å². The van der Waals surface area contributed by atoms with Crippen LogP contribution in [0.2, 0.25) is 0 Å². The average molecular weight is 322 g/mol. The van der Waals surface area contributed by atoms with Crippen LogP contribution in [0.5, 0.6) is 0 Å². The molecule has 0 radical (unpaired) electrons. The van der Waals surface area contributed by atoms with E-state index in [9.17, 15) is 30.9 Å². The lowest BCUT2D eigenvalue weighted by atomic mass is 9.46. The normalized spacial score (nSPS) is 42.7. The third-order valence-electron chi connectivity index (χ3n) is 5.59. The van der Waals surface area contributed by atoms with Crippen LogP contribution in [0.25, 0.3) is 0 Å². The van der Waals surface area contributed by atoms with Gasteiger partial charge in [-0.2, -0.15) is 21.0 Å². The highest BCUT2D eigenvalue weighted by Gasteiger charge is 2.76. The summed E-state index contributed by atoms with van der Waals surface area (Å²) in [5.74, 6) is -1.50. The molecule has 8 nitrogen and oxygen atoms in total. The van der Waals surface area contributed by atoms with E-state index in [4.69, 9.17) is 9.47 Å². The Morgan fingerprint density at radius 2 is 1.62 bits per heavy atom. The average Bonchev–Trinajstić information content (AvgIpc) is 3.39. The maximum atomic E-state index is 12.6. The first-order chi connectivity index (χ1) is 11.4. The van der Waals surface area contributed by atoms with E-state index in [0.717, 1.165) is 0 Å². The highest BCUT2D eigenvalue weighted by molar-refractivity contribution is 6.05. The van der Waals surface area contributed by atoms with E-state index >= 15 is 0 Å². The van der Waals surface area contributed by atoms with Crippen molar-refractivity contribution < 1.29 is 19.4 Å². The quantitative estimate of drug-likeness (QED) is 0.584. The number of carbonyl (C=O) groups is 1. The van der Waals surface area contributed by atoms with E-state index < -0.39 is 53.1 Å². The molecule has 3 aliphatic heterocycles. The lowest BCUT2D eigenvalue weighted by molar-refractivity contribution is -0.157. The Labute approximate surface area is 136 Å². The highest BCUT2D eigenvalue weighted by Crippen LogP contribution is 2.64. The van der Waals surface area contributed by atoms with Gasteiger partial charge in [0.25, 0.3) is 0 Å². The molecule has 0 aromatic rings. The maximum Gasteiger partial charge on any atom is 0.206 e. The van der Waals surface area contributed by atoms with Crippen LogP contribution in [0.1, 0.15) is 6.92 Å². The molecule has 2 saturated heterocycles. The molecule has 5 rings (SSSR count). The van der Waals surface area contributed by atoms with Crippen molar-refractivity contribution in [3.8, 4) is 24.3 Å². The fourth-order valence-electron chi connectivity index (χ4n) is 4.47. The lowest BCUT2D eigenvalue weighted by Crippen LogP contribution is -2.67. The van der Waals surface area contributed by atoms with Crippen molar-refractivity contribution in [3.63, 3.8) is 0 Å². The molecule has 0 aromatic heterocycles. The molecule has 2 fully saturated rings. The van der Waals surface area contributed by atoms with Gasteiger partial charge >= 0.3 is 0 Å². The van der Waals surface area contributed by atoms with Gasteiger partial charge in [-0.3, -0.25) is 4.79 Å². The van der Waals surface area contributed by atoms with Crippen LogP contribution >= 0.6 is 0 Å². The van der Waals surface area contributed by atoms with Crippen LogP contribution < -0.4 is 0 Å². The molecule has 0 unspecified atom stereocenters. The van der Waals surface area contributed by atoms with Crippen molar-refractivity contribution in [1.29, 1.82) is 21.0 Å². The molecule has 5 aliphatic rings. The molecule has 2 aliphatic carbocycles. The van der Waals surface area contributed by atoms with Gasteiger partial charge < -0.3 is 14.6 Å². The molecule has 1 N–H and O–H groups in total. The minimum Gasteiger partial charge on any atom is -0.386 e. The summed E-state index contributed by atoms with van der Waals surface area (Å²) >= 11 is 0. The molecule has 0 spiro atoms. The molecule has 6 atom stereocenters. The number of nitriles is 4. The number of fused-ring (bicyclic) bond motifs is 3. The SMILES string of the molecule is C[C@@H]1O[C@@H]2C3=C([C@@H](O)[C@@H]4O[C@@H]4C3=O)[C@H]1C(C#N)(C#N)C2(C#N)C#N. The van der Waals surface area contributed by atoms with E-state index in [-0.39, 0.29) is 11.1 Å². The Morgan fingerprint density at radius 1 is 1.04 bits per heavy atom. The van der Waals surface area contributed by atoms with Crippen molar-refractivity contribution >= 4 is 5.78 Å². The molecular weight excluding hydrogens is 312 g/mol. The predicted octanol–water partition coefficient (Wildman–Crippen LogP) is -0.522. The zero-order valence-electron chi connectivity index (χ0n) is 12.4. The third-order valence-corrected chi connectivity index (χ3v) is 5.59. The van der Waals surface area contributed by atoms with Crippen molar-refractivity contribution in [2.24, 2.45) is 16.7 Å². The van der Waals surface area contributed by atoms with Crippen LogP contribution in [0.15, 0.2) is 11.1 Å². The second-order valence-electron chi connectivity index (χ2n) is 6.46. The summed E-state index contributed by atoms with van der Waals surface area (Å²) in [7, 11) is 0. The second kappa shape index (κ2) is 4.20. The maximum absolute atomic E-state index is 12.6. The second-order valence-corrected chi connectivity index (χ2v) is 6.46. The van der Waals surface area contributed by atoms with Crippen LogP contribution in [0.3, 0.4) is 0 Å². The summed E-state index contributed by atoms with van der Waals surface area (Å²) in [5.41, 5.74) is -3.95. The molecule has 24 heavy (non-hydrogen) atoms. The molecule has 8 heteroatoms. The summed E-state index contributed by atoms with van der Waals surface area (Å²) in [5, 5.41) is 49.4. The number of aliphatic hydroxyl groups is 1. The molecular formula is C16H10N4O4. The van der Waals surface area contributed by atoms with Gasteiger partial charge in [0.2, 0.25) is 5.41 Å². The van der Waals surface area contributed by atoms with Gasteiger partial charge in [0, 0.05) is 11.5 Å². The number of Topliss-reactive ketones (excluding diaryl/α,β-unsaturated/α-hetero) is 1. The zero-order valence-corrected chi connectivity index (χ0v) is 12.4. The molecule has 0 saturated carbocycles. The summed E-state index contributed by atoms with van der Waals surface area (Å²) < 4.78 is 10.9. The molecule has 2 bridgehead atoms.